The quantitative estimate of drug-likeness (QED) is 0.408. The smallest absolute Gasteiger partial charge is 0.255 e. The van der Waals surface area contributed by atoms with Gasteiger partial charge in [0.05, 0.1) is 18.8 Å². The highest BCUT2D eigenvalue weighted by atomic mass is 127. The normalized spacial score (nSPS) is 11.4. The van der Waals surface area contributed by atoms with Crippen molar-refractivity contribution in [3.05, 3.63) is 17.0 Å². The molecule has 1 aromatic heterocycles. The molecule has 8 heteroatoms. The van der Waals surface area contributed by atoms with Crippen LogP contribution in [0.1, 0.15) is 37.8 Å². The van der Waals surface area contributed by atoms with Crippen LogP contribution in [0.15, 0.2) is 9.52 Å². The zero-order valence-corrected chi connectivity index (χ0v) is 14.9. The molecular weight excluding hydrogens is 393 g/mol. The van der Waals surface area contributed by atoms with E-state index in [1.807, 2.05) is 20.8 Å². The maximum atomic E-state index is 12.2. The molecule has 0 spiro atoms. The van der Waals surface area contributed by atoms with Gasteiger partial charge in [0.15, 0.2) is 5.96 Å². The molecule has 0 saturated heterocycles. The van der Waals surface area contributed by atoms with E-state index >= 15 is 0 Å². The lowest BCUT2D eigenvalue weighted by atomic mass is 10.1. The minimum Gasteiger partial charge on any atom is -0.361 e. The number of aromatic nitrogens is 1. The third-order valence-corrected chi connectivity index (χ3v) is 2.77. The van der Waals surface area contributed by atoms with Crippen LogP contribution in [-0.4, -0.2) is 30.6 Å². The van der Waals surface area contributed by atoms with E-state index in [1.165, 1.54) is 0 Å². The van der Waals surface area contributed by atoms with Crippen LogP contribution in [0, 0.1) is 0 Å². The molecule has 0 fully saturated rings. The lowest BCUT2D eigenvalue weighted by molar-refractivity contribution is 0.152. The van der Waals surface area contributed by atoms with Crippen molar-refractivity contribution in [3.63, 3.8) is 0 Å². The van der Waals surface area contributed by atoms with E-state index in [2.05, 4.69) is 20.8 Å². The van der Waals surface area contributed by atoms with Crippen molar-refractivity contribution in [1.29, 1.82) is 0 Å². The van der Waals surface area contributed by atoms with E-state index < -0.39 is 13.0 Å². The van der Waals surface area contributed by atoms with E-state index in [4.69, 9.17) is 4.52 Å². The van der Waals surface area contributed by atoms with Gasteiger partial charge < -0.3 is 15.2 Å². The van der Waals surface area contributed by atoms with Crippen molar-refractivity contribution in [3.8, 4) is 0 Å². The average Bonchev–Trinajstić information content (AvgIpc) is 2.83. The first-order chi connectivity index (χ1) is 9.62. The van der Waals surface area contributed by atoms with Gasteiger partial charge in [-0.05, 0) is 13.3 Å². The van der Waals surface area contributed by atoms with Crippen molar-refractivity contribution in [2.45, 2.75) is 46.6 Å². The van der Waals surface area contributed by atoms with Crippen LogP contribution in [-0.2, 0) is 19.4 Å². The van der Waals surface area contributed by atoms with Crippen LogP contribution < -0.4 is 10.6 Å². The van der Waals surface area contributed by atoms with Crippen LogP contribution in [0.25, 0.3) is 0 Å². The molecule has 2 N–H and O–H groups in total. The molecule has 0 aliphatic rings. The topological polar surface area (TPSA) is 62.5 Å². The largest absolute Gasteiger partial charge is 0.361 e. The van der Waals surface area contributed by atoms with Gasteiger partial charge in [-0.1, -0.05) is 19.0 Å². The third-order valence-electron chi connectivity index (χ3n) is 2.77. The Morgan fingerprint density at radius 2 is 1.95 bits per heavy atom. The molecule has 0 amide bonds. The number of hydrogen-bond acceptors (Lipinski definition) is 3. The van der Waals surface area contributed by atoms with Crippen LogP contribution in [0.2, 0.25) is 0 Å². The Labute approximate surface area is 141 Å². The molecule has 0 aliphatic heterocycles. The summed E-state index contributed by atoms with van der Waals surface area (Å²) in [4.78, 5) is 4.31. The second-order valence-electron chi connectivity index (χ2n) is 4.21. The summed E-state index contributed by atoms with van der Waals surface area (Å²) >= 11 is 0. The number of nitrogens with zero attached hydrogens (tertiary/aromatic N) is 2. The molecule has 5 nitrogen and oxygen atoms in total. The summed E-state index contributed by atoms with van der Waals surface area (Å²) in [6, 6.07) is 0. The van der Waals surface area contributed by atoms with Crippen LogP contribution >= 0.6 is 24.0 Å². The van der Waals surface area contributed by atoms with Crippen LogP contribution in [0.4, 0.5) is 8.78 Å². The van der Waals surface area contributed by atoms with Crippen molar-refractivity contribution in [2.24, 2.45) is 4.99 Å². The van der Waals surface area contributed by atoms with Gasteiger partial charge in [-0.15, -0.1) is 24.0 Å². The first-order valence-corrected chi connectivity index (χ1v) is 6.88. The molecular formula is C13H23F2IN4O. The lowest BCUT2D eigenvalue weighted by Gasteiger charge is -2.10. The minimum absolute atomic E-state index is 0. The Kier molecular flexibility index (Phi) is 10.3. The highest BCUT2D eigenvalue weighted by Crippen LogP contribution is 2.16. The number of nitrogens with one attached hydrogen (secondary N) is 2. The Bertz CT molecular complexity index is 416. The number of guanidine groups is 1. The summed E-state index contributed by atoms with van der Waals surface area (Å²) < 4.78 is 29.7. The van der Waals surface area contributed by atoms with Crippen molar-refractivity contribution >= 4 is 29.9 Å². The van der Waals surface area contributed by atoms with Gasteiger partial charge in [-0.25, -0.2) is 13.8 Å². The van der Waals surface area contributed by atoms with Crippen molar-refractivity contribution in [1.82, 2.24) is 15.8 Å². The molecule has 1 rings (SSSR count). The summed E-state index contributed by atoms with van der Waals surface area (Å²) in [6.07, 6.45) is -0.916. The Balaban J connectivity index is 0.00000400. The molecule has 0 atom stereocenters. The third kappa shape index (κ3) is 6.58. The summed E-state index contributed by atoms with van der Waals surface area (Å²) in [7, 11) is 0. The zero-order valence-electron chi connectivity index (χ0n) is 12.6. The summed E-state index contributed by atoms with van der Waals surface area (Å²) in [5.41, 5.74) is 1.82. The Morgan fingerprint density at radius 1 is 1.24 bits per heavy atom. The molecule has 122 valence electrons. The first-order valence-electron chi connectivity index (χ1n) is 6.88. The highest BCUT2D eigenvalue weighted by Gasteiger charge is 2.13. The number of aryl methyl sites for hydroxylation is 2. The monoisotopic (exact) mass is 416 g/mol. The highest BCUT2D eigenvalue weighted by molar-refractivity contribution is 14.0. The van der Waals surface area contributed by atoms with Gasteiger partial charge in [0, 0.05) is 18.5 Å². The van der Waals surface area contributed by atoms with E-state index in [1.54, 1.807) is 0 Å². The fourth-order valence-electron chi connectivity index (χ4n) is 1.79. The summed E-state index contributed by atoms with van der Waals surface area (Å²) in [5, 5.41) is 9.52. The predicted octanol–water partition coefficient (Wildman–Crippen LogP) is 2.74. The van der Waals surface area contributed by atoms with E-state index in [0.29, 0.717) is 19.0 Å². The maximum absolute atomic E-state index is 12.2. The predicted molar refractivity (Wildman–Crippen MR) is 89.5 cm³/mol. The molecule has 21 heavy (non-hydrogen) atoms. The van der Waals surface area contributed by atoms with Gasteiger partial charge in [0.2, 0.25) is 0 Å². The van der Waals surface area contributed by atoms with Crippen molar-refractivity contribution in [2.75, 3.05) is 13.1 Å². The number of hydrogen-bond donors (Lipinski definition) is 2. The second kappa shape index (κ2) is 10.7. The molecule has 0 aliphatic carbocycles. The number of alkyl halides is 2. The standard InChI is InChI=1S/C13H22F2N4O.HI/c1-4-10-9(11(5-2)20-19-10)7-17-13(16-6-3)18-8-12(14)15;/h12H,4-8H2,1-3H3,(H2,16,17,18);1H. The molecule has 0 radical (unpaired) electrons. The van der Waals surface area contributed by atoms with Gasteiger partial charge >= 0.3 is 0 Å². The molecule has 0 aromatic carbocycles. The fourth-order valence-corrected chi connectivity index (χ4v) is 1.79. The number of aliphatic imine (C=N–C) groups is 1. The maximum Gasteiger partial charge on any atom is 0.255 e. The Morgan fingerprint density at radius 3 is 2.48 bits per heavy atom. The van der Waals surface area contributed by atoms with E-state index in [9.17, 15) is 8.78 Å². The second-order valence-corrected chi connectivity index (χ2v) is 4.21. The molecule has 1 aromatic rings. The molecule has 1 heterocycles. The van der Waals surface area contributed by atoms with Gasteiger partial charge in [-0.3, -0.25) is 0 Å². The molecule has 0 saturated carbocycles. The fraction of sp³-hybridized carbons (Fsp3) is 0.692. The van der Waals surface area contributed by atoms with Gasteiger partial charge in [-0.2, -0.15) is 0 Å². The summed E-state index contributed by atoms with van der Waals surface area (Å²) in [6.45, 7) is 6.41. The molecule has 0 unspecified atom stereocenters. The molecule has 0 bridgehead atoms. The zero-order chi connectivity index (χ0) is 15.0. The first kappa shape index (κ1) is 20.1. The number of rotatable bonds is 7. The van der Waals surface area contributed by atoms with Crippen molar-refractivity contribution < 1.29 is 13.3 Å². The van der Waals surface area contributed by atoms with Gasteiger partial charge in [0.25, 0.3) is 6.43 Å². The van der Waals surface area contributed by atoms with Crippen LogP contribution in [0.5, 0.6) is 0 Å². The SMILES string of the molecule is CCNC(=NCc1c(CC)noc1CC)NCC(F)F.I. The van der Waals surface area contributed by atoms with Crippen LogP contribution in [0.3, 0.4) is 0 Å². The van der Waals surface area contributed by atoms with E-state index in [0.717, 1.165) is 29.9 Å². The Hall–Kier alpha value is -0.930. The van der Waals surface area contributed by atoms with Gasteiger partial charge in [0.1, 0.15) is 5.76 Å². The average molecular weight is 416 g/mol. The van der Waals surface area contributed by atoms with E-state index in [-0.39, 0.29) is 24.0 Å². The lowest BCUT2D eigenvalue weighted by Crippen LogP contribution is -2.39. The minimum atomic E-state index is -2.41. The number of halogens is 3. The summed E-state index contributed by atoms with van der Waals surface area (Å²) in [5.74, 6) is 1.17.